The van der Waals surface area contributed by atoms with E-state index in [0.717, 1.165) is 6.04 Å². The zero-order valence-corrected chi connectivity index (χ0v) is 7.41. The average molecular weight is 143 g/mol. The van der Waals surface area contributed by atoms with E-state index in [-0.39, 0.29) is 1.43 Å². The maximum absolute atomic E-state index is 3.56. The van der Waals surface area contributed by atoms with Crippen LogP contribution in [0.5, 0.6) is 0 Å². The van der Waals surface area contributed by atoms with Crippen molar-refractivity contribution >= 4 is 0 Å². The van der Waals surface area contributed by atoms with Crippen molar-refractivity contribution in [3.63, 3.8) is 0 Å². The SMILES string of the molecule is CC(C)(C)C1CCCCN1.[HH]. The molecule has 0 spiro atoms. The van der Waals surface area contributed by atoms with Crippen molar-refractivity contribution < 1.29 is 1.43 Å². The molecule has 1 heteroatoms. The van der Waals surface area contributed by atoms with Gasteiger partial charge in [-0.2, -0.15) is 0 Å². The van der Waals surface area contributed by atoms with Crippen LogP contribution in [0.1, 0.15) is 41.5 Å². The summed E-state index contributed by atoms with van der Waals surface area (Å²) in [6.45, 7) is 8.17. The number of hydrogen-bond donors (Lipinski definition) is 1. The number of piperidine rings is 1. The van der Waals surface area contributed by atoms with Gasteiger partial charge in [-0.15, -0.1) is 0 Å². The Labute approximate surface area is 65.7 Å². The summed E-state index contributed by atoms with van der Waals surface area (Å²) in [5.41, 5.74) is 0.459. The quantitative estimate of drug-likeness (QED) is 0.549. The van der Waals surface area contributed by atoms with Crippen LogP contribution in [0.3, 0.4) is 0 Å². The van der Waals surface area contributed by atoms with Crippen molar-refractivity contribution in [3.8, 4) is 0 Å². The van der Waals surface area contributed by atoms with Crippen LogP contribution >= 0.6 is 0 Å². The molecule has 0 bridgehead atoms. The predicted molar refractivity (Wildman–Crippen MR) is 47.2 cm³/mol. The monoisotopic (exact) mass is 143 g/mol. The smallest absolute Gasteiger partial charge is 0.0116 e. The molecule has 1 saturated heterocycles. The Hall–Kier alpha value is -0.0400. The van der Waals surface area contributed by atoms with Gasteiger partial charge in [0.2, 0.25) is 0 Å². The fourth-order valence-electron chi connectivity index (χ4n) is 1.59. The molecule has 1 atom stereocenters. The number of hydrogen-bond acceptors (Lipinski definition) is 1. The minimum atomic E-state index is 0. The third kappa shape index (κ3) is 1.98. The molecule has 1 N–H and O–H groups in total. The molecule has 0 aliphatic carbocycles. The molecule has 0 aromatic carbocycles. The molecule has 10 heavy (non-hydrogen) atoms. The summed E-state index contributed by atoms with van der Waals surface area (Å²) in [6, 6.07) is 0.751. The Morgan fingerprint density at radius 2 is 2.00 bits per heavy atom. The highest BCUT2D eigenvalue weighted by Crippen LogP contribution is 2.25. The van der Waals surface area contributed by atoms with E-state index in [0.29, 0.717) is 5.41 Å². The van der Waals surface area contributed by atoms with Crippen molar-refractivity contribution in [2.75, 3.05) is 6.54 Å². The molecule has 1 heterocycles. The Balaban J connectivity index is 0.000001000. The van der Waals surface area contributed by atoms with Crippen LogP contribution in [0.2, 0.25) is 0 Å². The topological polar surface area (TPSA) is 12.0 Å². The van der Waals surface area contributed by atoms with Crippen LogP contribution in [0, 0.1) is 5.41 Å². The Kier molecular flexibility index (Phi) is 2.35. The van der Waals surface area contributed by atoms with Gasteiger partial charge < -0.3 is 5.32 Å². The van der Waals surface area contributed by atoms with E-state index in [1.807, 2.05) is 0 Å². The molecule has 62 valence electrons. The van der Waals surface area contributed by atoms with Crippen LogP contribution in [-0.4, -0.2) is 12.6 Å². The molecule has 1 rings (SSSR count). The number of nitrogens with one attached hydrogen (secondary N) is 1. The highest BCUT2D eigenvalue weighted by Gasteiger charge is 2.25. The predicted octanol–water partition coefficient (Wildman–Crippen LogP) is 2.42. The van der Waals surface area contributed by atoms with E-state index >= 15 is 0 Å². The minimum absolute atomic E-state index is 0. The van der Waals surface area contributed by atoms with Gasteiger partial charge in [0.25, 0.3) is 0 Å². The van der Waals surface area contributed by atoms with Gasteiger partial charge in [-0.25, -0.2) is 0 Å². The molecule has 1 nitrogen and oxygen atoms in total. The van der Waals surface area contributed by atoms with Gasteiger partial charge in [0.15, 0.2) is 0 Å². The first-order valence-corrected chi connectivity index (χ1v) is 4.34. The molecule has 0 amide bonds. The summed E-state index contributed by atoms with van der Waals surface area (Å²) in [5, 5.41) is 3.56. The average Bonchev–Trinajstić information content (AvgIpc) is 1.88. The Morgan fingerprint density at radius 3 is 2.30 bits per heavy atom. The van der Waals surface area contributed by atoms with Crippen LogP contribution < -0.4 is 5.32 Å². The fourth-order valence-corrected chi connectivity index (χ4v) is 1.59. The standard InChI is InChI=1S/C9H19N.H2/c1-9(2,3)8-6-4-5-7-10-8;/h8,10H,4-7H2,1-3H3;1H. The van der Waals surface area contributed by atoms with Crippen molar-refractivity contribution in [2.45, 2.75) is 46.1 Å². The third-order valence-corrected chi connectivity index (χ3v) is 2.36. The molecule has 1 aliphatic heterocycles. The number of rotatable bonds is 0. The van der Waals surface area contributed by atoms with Gasteiger partial charge in [0, 0.05) is 7.47 Å². The van der Waals surface area contributed by atoms with Crippen LogP contribution in [0.25, 0.3) is 0 Å². The van der Waals surface area contributed by atoms with Gasteiger partial charge in [0.05, 0.1) is 0 Å². The van der Waals surface area contributed by atoms with E-state index in [4.69, 9.17) is 0 Å². The highest BCUT2D eigenvalue weighted by molar-refractivity contribution is 4.82. The Morgan fingerprint density at radius 1 is 1.30 bits per heavy atom. The first kappa shape index (κ1) is 8.06. The summed E-state index contributed by atoms with van der Waals surface area (Å²) in [5.74, 6) is 0. The lowest BCUT2D eigenvalue weighted by molar-refractivity contribution is 0.226. The summed E-state index contributed by atoms with van der Waals surface area (Å²) < 4.78 is 0. The first-order chi connectivity index (χ1) is 4.61. The molecule has 0 aromatic heterocycles. The van der Waals surface area contributed by atoms with E-state index in [1.165, 1.54) is 25.8 Å². The molecule has 0 aromatic rings. The second-order valence-electron chi connectivity index (χ2n) is 4.37. The lowest BCUT2D eigenvalue weighted by Crippen LogP contribution is -2.43. The van der Waals surface area contributed by atoms with Crippen molar-refractivity contribution in [3.05, 3.63) is 0 Å². The minimum Gasteiger partial charge on any atom is -0.313 e. The summed E-state index contributed by atoms with van der Waals surface area (Å²) in [4.78, 5) is 0. The van der Waals surface area contributed by atoms with Crippen LogP contribution in [0.4, 0.5) is 0 Å². The Bertz CT molecular complexity index is 101. The maximum Gasteiger partial charge on any atom is 0.0116 e. The highest BCUT2D eigenvalue weighted by atomic mass is 14.9. The lowest BCUT2D eigenvalue weighted by atomic mass is 9.82. The lowest BCUT2D eigenvalue weighted by Gasteiger charge is -2.34. The molecule has 0 saturated carbocycles. The van der Waals surface area contributed by atoms with Crippen LogP contribution in [-0.2, 0) is 0 Å². The van der Waals surface area contributed by atoms with E-state index < -0.39 is 0 Å². The molecule has 0 radical (unpaired) electrons. The van der Waals surface area contributed by atoms with Crippen LogP contribution in [0.15, 0.2) is 0 Å². The summed E-state index contributed by atoms with van der Waals surface area (Å²) >= 11 is 0. The van der Waals surface area contributed by atoms with Crippen molar-refractivity contribution in [2.24, 2.45) is 5.41 Å². The fraction of sp³-hybridized carbons (Fsp3) is 1.00. The molecule has 1 aliphatic rings. The largest absolute Gasteiger partial charge is 0.313 e. The van der Waals surface area contributed by atoms with Gasteiger partial charge in [-0.1, -0.05) is 27.2 Å². The van der Waals surface area contributed by atoms with E-state index in [2.05, 4.69) is 26.1 Å². The first-order valence-electron chi connectivity index (χ1n) is 4.34. The summed E-state index contributed by atoms with van der Waals surface area (Å²) in [6.07, 6.45) is 4.14. The van der Waals surface area contributed by atoms with Gasteiger partial charge in [-0.05, 0) is 24.8 Å². The molecular formula is C9H21N. The maximum atomic E-state index is 3.56. The third-order valence-electron chi connectivity index (χ3n) is 2.36. The zero-order valence-electron chi connectivity index (χ0n) is 7.41. The summed E-state index contributed by atoms with van der Waals surface area (Å²) in [7, 11) is 0. The second-order valence-corrected chi connectivity index (χ2v) is 4.37. The van der Waals surface area contributed by atoms with Crippen molar-refractivity contribution in [1.82, 2.24) is 5.32 Å². The molecular weight excluding hydrogens is 122 g/mol. The van der Waals surface area contributed by atoms with Gasteiger partial charge >= 0.3 is 0 Å². The zero-order chi connectivity index (χ0) is 7.61. The van der Waals surface area contributed by atoms with E-state index in [9.17, 15) is 0 Å². The van der Waals surface area contributed by atoms with Gasteiger partial charge in [-0.3, -0.25) is 0 Å². The molecule has 1 fully saturated rings. The second kappa shape index (κ2) is 2.91. The molecule has 1 unspecified atom stereocenters. The normalized spacial score (nSPS) is 28.5. The van der Waals surface area contributed by atoms with Crippen molar-refractivity contribution in [1.29, 1.82) is 0 Å². The van der Waals surface area contributed by atoms with Gasteiger partial charge in [0.1, 0.15) is 0 Å². The van der Waals surface area contributed by atoms with E-state index in [1.54, 1.807) is 0 Å².